The molecule has 1 fully saturated rings. The zero-order chi connectivity index (χ0) is 23.0. The van der Waals surface area contributed by atoms with Gasteiger partial charge in [-0.1, -0.05) is 29.8 Å². The monoisotopic (exact) mass is 515 g/mol. The third-order valence-corrected chi connectivity index (χ3v) is 6.71. The molecule has 32 heavy (non-hydrogen) atoms. The minimum Gasteiger partial charge on any atom is -0.444 e. The van der Waals surface area contributed by atoms with E-state index in [1.807, 2.05) is 45.2 Å². The van der Waals surface area contributed by atoms with Crippen molar-refractivity contribution >= 4 is 56.5 Å². The zero-order valence-corrected chi connectivity index (χ0v) is 21.0. The maximum absolute atomic E-state index is 13.1. The van der Waals surface area contributed by atoms with Gasteiger partial charge in [-0.15, -0.1) is 0 Å². The molecule has 0 unspecified atom stereocenters. The number of aromatic nitrogens is 1. The average Bonchev–Trinajstić information content (AvgIpc) is 3.04. The Morgan fingerprint density at radius 2 is 1.81 bits per heavy atom. The minimum absolute atomic E-state index is 0.00170. The Kier molecular flexibility index (Phi) is 6.27. The fraction of sp³-hybridized carbons (Fsp3) is 0.333. The van der Waals surface area contributed by atoms with Gasteiger partial charge in [0.1, 0.15) is 12.1 Å². The summed E-state index contributed by atoms with van der Waals surface area (Å²) in [5.74, 6) is -0.126. The van der Waals surface area contributed by atoms with Crippen LogP contribution in [-0.4, -0.2) is 46.1 Å². The normalized spacial score (nSPS) is 14.8. The summed E-state index contributed by atoms with van der Waals surface area (Å²) in [7, 11) is 0. The molecule has 0 radical (unpaired) electrons. The van der Waals surface area contributed by atoms with Crippen molar-refractivity contribution in [3.63, 3.8) is 0 Å². The van der Waals surface area contributed by atoms with Crippen molar-refractivity contribution in [3.05, 3.63) is 58.7 Å². The van der Waals surface area contributed by atoms with E-state index in [1.165, 1.54) is 10.5 Å². The first kappa shape index (κ1) is 22.7. The Morgan fingerprint density at radius 3 is 2.47 bits per heavy atom. The van der Waals surface area contributed by atoms with Crippen LogP contribution < -0.4 is 4.90 Å². The predicted octanol–water partition coefficient (Wildman–Crippen LogP) is 5.85. The number of hydrogen-bond donors (Lipinski definition) is 0. The molecular formula is C24H26BrN3O3S. The third kappa shape index (κ3) is 4.81. The van der Waals surface area contributed by atoms with E-state index in [0.29, 0.717) is 13.1 Å². The first-order chi connectivity index (χ1) is 15.1. The molecule has 2 heterocycles. The number of halogens is 1. The molecule has 0 aliphatic carbocycles. The van der Waals surface area contributed by atoms with Gasteiger partial charge in [0, 0.05) is 34.0 Å². The summed E-state index contributed by atoms with van der Waals surface area (Å²) in [4.78, 5) is 29.8. The Labute approximate surface area is 200 Å². The summed E-state index contributed by atoms with van der Waals surface area (Å²) in [6, 6.07) is 14.3. The molecule has 3 aromatic rings. The molecule has 2 aromatic carbocycles. The molecule has 1 aromatic heterocycles. The number of anilines is 1. The molecule has 0 saturated carbocycles. The quantitative estimate of drug-likeness (QED) is 0.438. The maximum atomic E-state index is 13.1. The van der Waals surface area contributed by atoms with Crippen molar-refractivity contribution in [3.8, 4) is 0 Å². The van der Waals surface area contributed by atoms with E-state index in [0.717, 1.165) is 26.0 Å². The van der Waals surface area contributed by atoms with Gasteiger partial charge in [-0.2, -0.15) is 0 Å². The highest BCUT2D eigenvalue weighted by Crippen LogP contribution is 2.38. The number of piperazine rings is 1. The van der Waals surface area contributed by atoms with Gasteiger partial charge < -0.3 is 9.64 Å². The van der Waals surface area contributed by atoms with Crippen molar-refractivity contribution in [2.24, 2.45) is 0 Å². The number of hydrogen-bond acceptors (Lipinski definition) is 4. The lowest BCUT2D eigenvalue weighted by Gasteiger charge is -2.35. The van der Waals surface area contributed by atoms with Gasteiger partial charge in [0.15, 0.2) is 0 Å². The number of para-hydroxylation sites is 1. The van der Waals surface area contributed by atoms with Gasteiger partial charge in [0.05, 0.1) is 11.2 Å². The second-order valence-corrected chi connectivity index (χ2v) is 10.7. The van der Waals surface area contributed by atoms with Crippen LogP contribution in [0.15, 0.2) is 58.0 Å². The van der Waals surface area contributed by atoms with Gasteiger partial charge in [-0.25, -0.2) is 4.79 Å². The Hall–Kier alpha value is -2.45. The molecule has 2 amide bonds. The van der Waals surface area contributed by atoms with Gasteiger partial charge in [0.2, 0.25) is 5.91 Å². The van der Waals surface area contributed by atoms with Gasteiger partial charge >= 0.3 is 6.09 Å². The molecule has 0 spiro atoms. The number of nitrogens with zero attached hydrogens (tertiary/aromatic N) is 3. The van der Waals surface area contributed by atoms with Crippen LogP contribution in [-0.2, 0) is 9.53 Å². The third-order valence-electron chi connectivity index (χ3n) is 5.11. The van der Waals surface area contributed by atoms with Crippen LogP contribution in [0, 0.1) is 6.92 Å². The second-order valence-electron chi connectivity index (χ2n) is 8.83. The fourth-order valence-corrected chi connectivity index (χ4v) is 5.19. The first-order valence-electron chi connectivity index (χ1n) is 10.5. The number of carbonyl (C=O) groups excluding carboxylic acids is 2. The predicted molar refractivity (Wildman–Crippen MR) is 132 cm³/mol. The van der Waals surface area contributed by atoms with E-state index in [-0.39, 0.29) is 12.5 Å². The Balaban J connectivity index is 1.63. The number of fused-ring (bicyclic) bond motifs is 1. The summed E-state index contributed by atoms with van der Waals surface area (Å²) in [5.41, 5.74) is 2.41. The lowest BCUT2D eigenvalue weighted by molar-refractivity contribution is -0.121. The summed E-state index contributed by atoms with van der Waals surface area (Å²) in [6.45, 7) is 8.36. The van der Waals surface area contributed by atoms with Crippen LogP contribution in [0.3, 0.4) is 0 Å². The molecule has 6 nitrogen and oxygen atoms in total. The van der Waals surface area contributed by atoms with Crippen molar-refractivity contribution in [1.29, 1.82) is 0 Å². The molecular weight excluding hydrogens is 490 g/mol. The molecule has 1 saturated heterocycles. The first-order valence-corrected chi connectivity index (χ1v) is 12.0. The van der Waals surface area contributed by atoms with Crippen LogP contribution in [0.4, 0.5) is 10.5 Å². The van der Waals surface area contributed by atoms with Gasteiger partial charge in [0.25, 0.3) is 0 Å². The minimum atomic E-state index is -0.594. The van der Waals surface area contributed by atoms with Crippen molar-refractivity contribution in [2.75, 3.05) is 24.5 Å². The van der Waals surface area contributed by atoms with Crippen LogP contribution in [0.5, 0.6) is 0 Å². The van der Waals surface area contributed by atoms with E-state index in [1.54, 1.807) is 16.8 Å². The summed E-state index contributed by atoms with van der Waals surface area (Å²) in [5, 5.41) is 1.03. The molecule has 0 N–H and O–H groups in total. The smallest absolute Gasteiger partial charge is 0.410 e. The SMILES string of the molecule is Cc1ccc(Sn2cc(Br)c3cccc(N4CCN(C(=O)OC(C)(C)C)CC4=O)c32)cc1. The highest BCUT2D eigenvalue weighted by atomic mass is 79.9. The number of aryl methyl sites for hydroxylation is 1. The number of amides is 2. The van der Waals surface area contributed by atoms with Crippen molar-refractivity contribution in [1.82, 2.24) is 8.87 Å². The number of benzene rings is 2. The second kappa shape index (κ2) is 8.83. The number of carbonyl (C=O) groups is 2. The molecule has 8 heteroatoms. The van der Waals surface area contributed by atoms with Crippen LogP contribution in [0.2, 0.25) is 0 Å². The van der Waals surface area contributed by atoms with Crippen LogP contribution >= 0.6 is 27.9 Å². The number of ether oxygens (including phenoxy) is 1. The molecule has 4 rings (SSSR count). The van der Waals surface area contributed by atoms with E-state index in [4.69, 9.17) is 4.74 Å². The molecule has 168 valence electrons. The molecule has 1 aliphatic rings. The Bertz CT molecular complexity index is 1170. The average molecular weight is 516 g/mol. The summed E-state index contributed by atoms with van der Waals surface area (Å²) in [6.07, 6.45) is 1.57. The van der Waals surface area contributed by atoms with Crippen LogP contribution in [0.25, 0.3) is 10.9 Å². The van der Waals surface area contributed by atoms with E-state index >= 15 is 0 Å². The lowest BCUT2D eigenvalue weighted by atomic mass is 10.2. The van der Waals surface area contributed by atoms with Gasteiger partial charge in [-0.05, 0) is 73.8 Å². The summed E-state index contributed by atoms with van der Waals surface area (Å²) < 4.78 is 8.49. The summed E-state index contributed by atoms with van der Waals surface area (Å²) >= 11 is 5.27. The highest BCUT2D eigenvalue weighted by molar-refractivity contribution is 9.10. The van der Waals surface area contributed by atoms with Crippen LogP contribution in [0.1, 0.15) is 26.3 Å². The van der Waals surface area contributed by atoms with E-state index in [9.17, 15) is 9.59 Å². The largest absolute Gasteiger partial charge is 0.444 e. The molecule has 1 aliphatic heterocycles. The molecule has 0 bridgehead atoms. The number of rotatable bonds is 3. The van der Waals surface area contributed by atoms with E-state index in [2.05, 4.69) is 51.1 Å². The molecule has 0 atom stereocenters. The highest BCUT2D eigenvalue weighted by Gasteiger charge is 2.32. The topological polar surface area (TPSA) is 54.8 Å². The lowest BCUT2D eigenvalue weighted by Crippen LogP contribution is -2.53. The van der Waals surface area contributed by atoms with Crippen molar-refractivity contribution < 1.29 is 14.3 Å². The fourth-order valence-electron chi connectivity index (χ4n) is 3.61. The zero-order valence-electron chi connectivity index (χ0n) is 18.6. The van der Waals surface area contributed by atoms with Crippen molar-refractivity contribution in [2.45, 2.75) is 38.2 Å². The van der Waals surface area contributed by atoms with E-state index < -0.39 is 11.7 Å². The standard InChI is InChI=1S/C24H26BrN3O3S/c1-16-8-10-17(11-9-16)32-28-14-19(25)18-6-5-7-20(22(18)28)27-13-12-26(15-21(27)29)23(30)31-24(2,3)4/h5-11,14H,12-13,15H2,1-4H3. The maximum Gasteiger partial charge on any atom is 0.410 e. The van der Waals surface area contributed by atoms with Gasteiger partial charge in [-0.3, -0.25) is 13.7 Å². The Morgan fingerprint density at radius 1 is 1.09 bits per heavy atom.